The Morgan fingerprint density at radius 1 is 1.38 bits per heavy atom. The van der Waals surface area contributed by atoms with Crippen LogP contribution in [0.3, 0.4) is 0 Å². The number of likely N-dealkylation sites (tertiary alicyclic amines) is 1. The van der Waals surface area contributed by atoms with Crippen molar-refractivity contribution in [2.75, 3.05) is 6.54 Å². The molecule has 1 aliphatic carbocycles. The second-order valence-corrected chi connectivity index (χ2v) is 4.73. The second kappa shape index (κ2) is 3.88. The van der Waals surface area contributed by atoms with Gasteiger partial charge in [-0.1, -0.05) is 6.42 Å². The standard InChI is InChI=1S/C11H16N4O/c16-11(10-12-7-13-14-10)15-6-2-5-9(15)8-3-1-4-8/h7-9H,1-6H2,(H,12,13,14). The first-order chi connectivity index (χ1) is 7.86. The van der Waals surface area contributed by atoms with Crippen LogP contribution in [0.1, 0.15) is 42.7 Å². The van der Waals surface area contributed by atoms with Gasteiger partial charge in [0.25, 0.3) is 5.91 Å². The lowest BCUT2D eigenvalue weighted by Gasteiger charge is -2.36. The molecule has 0 bridgehead atoms. The van der Waals surface area contributed by atoms with Crippen molar-refractivity contribution in [1.29, 1.82) is 0 Å². The van der Waals surface area contributed by atoms with Gasteiger partial charge in [-0.25, -0.2) is 4.98 Å². The van der Waals surface area contributed by atoms with E-state index in [1.807, 2.05) is 4.90 Å². The molecule has 16 heavy (non-hydrogen) atoms. The number of nitrogens with zero attached hydrogens (tertiary/aromatic N) is 3. The molecule has 1 N–H and O–H groups in total. The number of hydrogen-bond acceptors (Lipinski definition) is 3. The Hall–Kier alpha value is -1.39. The van der Waals surface area contributed by atoms with Gasteiger partial charge in [0, 0.05) is 12.6 Å². The number of amides is 1. The molecule has 3 rings (SSSR count). The van der Waals surface area contributed by atoms with Crippen LogP contribution in [0.5, 0.6) is 0 Å². The normalized spacial score (nSPS) is 25.8. The third-order valence-corrected chi connectivity index (χ3v) is 3.87. The number of carbonyl (C=O) groups excluding carboxylic acids is 1. The van der Waals surface area contributed by atoms with Crippen LogP contribution in [-0.4, -0.2) is 38.6 Å². The minimum absolute atomic E-state index is 0.0203. The van der Waals surface area contributed by atoms with E-state index in [2.05, 4.69) is 15.2 Å². The van der Waals surface area contributed by atoms with Crippen LogP contribution in [0.15, 0.2) is 6.33 Å². The smallest absolute Gasteiger partial charge is 0.291 e. The first-order valence-electron chi connectivity index (χ1n) is 6.02. The molecule has 2 aliphatic rings. The molecule has 5 nitrogen and oxygen atoms in total. The molecular weight excluding hydrogens is 204 g/mol. The maximum atomic E-state index is 12.2. The molecule has 1 aromatic heterocycles. The third-order valence-electron chi connectivity index (χ3n) is 3.87. The van der Waals surface area contributed by atoms with E-state index in [0.717, 1.165) is 25.3 Å². The molecule has 1 aromatic rings. The molecule has 0 aromatic carbocycles. The molecule has 1 amide bonds. The Labute approximate surface area is 94.2 Å². The predicted molar refractivity (Wildman–Crippen MR) is 57.8 cm³/mol. The summed E-state index contributed by atoms with van der Waals surface area (Å²) >= 11 is 0. The molecule has 2 fully saturated rings. The maximum absolute atomic E-state index is 12.2. The van der Waals surface area contributed by atoms with E-state index in [9.17, 15) is 4.79 Å². The zero-order chi connectivity index (χ0) is 11.0. The lowest BCUT2D eigenvalue weighted by Crippen LogP contribution is -2.42. The molecule has 1 unspecified atom stereocenters. The number of H-pyrrole nitrogens is 1. The summed E-state index contributed by atoms with van der Waals surface area (Å²) in [7, 11) is 0. The fourth-order valence-electron chi connectivity index (χ4n) is 2.80. The summed E-state index contributed by atoms with van der Waals surface area (Å²) in [6.45, 7) is 0.876. The number of aromatic nitrogens is 3. The van der Waals surface area contributed by atoms with E-state index in [1.165, 1.54) is 25.6 Å². The molecule has 1 aliphatic heterocycles. The molecule has 1 saturated carbocycles. The number of hydrogen-bond donors (Lipinski definition) is 1. The van der Waals surface area contributed by atoms with Crippen LogP contribution in [0.25, 0.3) is 0 Å². The zero-order valence-electron chi connectivity index (χ0n) is 9.22. The molecule has 2 heterocycles. The monoisotopic (exact) mass is 220 g/mol. The SMILES string of the molecule is O=C(c1ncn[nH]1)N1CCCC1C1CCC1. The maximum Gasteiger partial charge on any atom is 0.291 e. The Bertz CT molecular complexity index is 371. The molecule has 5 heteroatoms. The molecular formula is C11H16N4O. The summed E-state index contributed by atoms with van der Waals surface area (Å²) in [4.78, 5) is 18.1. The van der Waals surface area contributed by atoms with Crippen molar-refractivity contribution >= 4 is 5.91 Å². The van der Waals surface area contributed by atoms with E-state index in [0.29, 0.717) is 11.9 Å². The van der Waals surface area contributed by atoms with Crippen molar-refractivity contribution < 1.29 is 4.79 Å². The minimum Gasteiger partial charge on any atom is -0.333 e. The average molecular weight is 220 g/mol. The third kappa shape index (κ3) is 1.50. The van der Waals surface area contributed by atoms with Gasteiger partial charge in [0.05, 0.1) is 0 Å². The van der Waals surface area contributed by atoms with Crippen molar-refractivity contribution in [3.8, 4) is 0 Å². The summed E-state index contributed by atoms with van der Waals surface area (Å²) in [6.07, 6.45) is 7.56. The highest BCUT2D eigenvalue weighted by Crippen LogP contribution is 2.37. The first-order valence-corrected chi connectivity index (χ1v) is 6.02. The summed E-state index contributed by atoms with van der Waals surface area (Å²) in [5, 5.41) is 6.39. The van der Waals surface area contributed by atoms with E-state index in [4.69, 9.17) is 0 Å². The van der Waals surface area contributed by atoms with E-state index >= 15 is 0 Å². The topological polar surface area (TPSA) is 61.9 Å². The molecule has 0 spiro atoms. The number of carbonyl (C=O) groups is 1. The first kappa shape index (κ1) is 9.81. The number of rotatable bonds is 2. The molecule has 1 atom stereocenters. The van der Waals surface area contributed by atoms with Crippen LogP contribution in [0.4, 0.5) is 0 Å². The largest absolute Gasteiger partial charge is 0.333 e. The van der Waals surface area contributed by atoms with E-state index in [1.54, 1.807) is 0 Å². The Balaban J connectivity index is 1.75. The lowest BCUT2D eigenvalue weighted by atomic mass is 9.79. The van der Waals surface area contributed by atoms with Crippen LogP contribution >= 0.6 is 0 Å². The summed E-state index contributed by atoms with van der Waals surface area (Å²) in [5.74, 6) is 1.13. The van der Waals surface area contributed by atoms with Gasteiger partial charge in [-0.05, 0) is 31.6 Å². The van der Waals surface area contributed by atoms with Gasteiger partial charge in [0.15, 0.2) is 0 Å². The number of nitrogens with one attached hydrogen (secondary N) is 1. The van der Waals surface area contributed by atoms with Crippen molar-refractivity contribution in [1.82, 2.24) is 20.1 Å². The second-order valence-electron chi connectivity index (χ2n) is 4.73. The highest BCUT2D eigenvalue weighted by Gasteiger charge is 2.38. The van der Waals surface area contributed by atoms with Gasteiger partial charge in [0.2, 0.25) is 5.82 Å². The fraction of sp³-hybridized carbons (Fsp3) is 0.727. The molecule has 0 radical (unpaired) electrons. The molecule has 86 valence electrons. The minimum atomic E-state index is 0.0203. The zero-order valence-corrected chi connectivity index (χ0v) is 9.22. The highest BCUT2D eigenvalue weighted by atomic mass is 16.2. The van der Waals surface area contributed by atoms with Gasteiger partial charge in [-0.15, -0.1) is 0 Å². The van der Waals surface area contributed by atoms with E-state index < -0.39 is 0 Å². The summed E-state index contributed by atoms with van der Waals surface area (Å²) in [5.41, 5.74) is 0. The van der Waals surface area contributed by atoms with Crippen LogP contribution < -0.4 is 0 Å². The predicted octanol–water partition coefficient (Wildman–Crippen LogP) is 1.21. The number of aromatic amines is 1. The fourth-order valence-corrected chi connectivity index (χ4v) is 2.80. The summed E-state index contributed by atoms with van der Waals surface area (Å²) < 4.78 is 0. The highest BCUT2D eigenvalue weighted by molar-refractivity contribution is 5.90. The van der Waals surface area contributed by atoms with Crippen LogP contribution in [0, 0.1) is 5.92 Å². The van der Waals surface area contributed by atoms with Crippen molar-refractivity contribution in [3.05, 3.63) is 12.2 Å². The lowest BCUT2D eigenvalue weighted by molar-refractivity contribution is 0.0614. The quantitative estimate of drug-likeness (QED) is 0.814. The van der Waals surface area contributed by atoms with Gasteiger partial charge < -0.3 is 4.90 Å². The van der Waals surface area contributed by atoms with Crippen molar-refractivity contribution in [2.24, 2.45) is 5.92 Å². The van der Waals surface area contributed by atoms with Crippen LogP contribution in [0.2, 0.25) is 0 Å². The van der Waals surface area contributed by atoms with Gasteiger partial charge in [-0.2, -0.15) is 5.10 Å². The van der Waals surface area contributed by atoms with Crippen LogP contribution in [-0.2, 0) is 0 Å². The van der Waals surface area contributed by atoms with Gasteiger partial charge in [-0.3, -0.25) is 9.89 Å². The molecule has 1 saturated heterocycles. The van der Waals surface area contributed by atoms with E-state index in [-0.39, 0.29) is 5.91 Å². The van der Waals surface area contributed by atoms with Crippen molar-refractivity contribution in [3.63, 3.8) is 0 Å². The van der Waals surface area contributed by atoms with Gasteiger partial charge >= 0.3 is 0 Å². The Kier molecular flexibility index (Phi) is 2.38. The average Bonchev–Trinajstić information content (AvgIpc) is 2.84. The Morgan fingerprint density at radius 3 is 2.88 bits per heavy atom. The Morgan fingerprint density at radius 2 is 2.25 bits per heavy atom. The summed E-state index contributed by atoms with van der Waals surface area (Å²) in [6, 6.07) is 0.450. The van der Waals surface area contributed by atoms with Gasteiger partial charge in [0.1, 0.15) is 6.33 Å². The van der Waals surface area contributed by atoms with Crippen molar-refractivity contribution in [2.45, 2.75) is 38.1 Å².